The molecule has 0 saturated carbocycles. The second kappa shape index (κ2) is 6.34. The van der Waals surface area contributed by atoms with Gasteiger partial charge in [-0.1, -0.05) is 0 Å². The second-order valence-corrected chi connectivity index (χ2v) is 7.95. The van der Waals surface area contributed by atoms with Gasteiger partial charge in [0.05, 0.1) is 17.0 Å². The summed E-state index contributed by atoms with van der Waals surface area (Å²) in [6, 6.07) is 0. The maximum Gasteiger partial charge on any atom is 0.376 e. The van der Waals surface area contributed by atoms with Crippen molar-refractivity contribution < 1.29 is 22.0 Å². The highest BCUT2D eigenvalue weighted by Crippen LogP contribution is 2.29. The summed E-state index contributed by atoms with van der Waals surface area (Å²) in [5.74, 6) is -6.36. The average molecular weight is 367 g/mol. The van der Waals surface area contributed by atoms with Gasteiger partial charge >= 0.3 is 11.8 Å². The number of nitrogens with one attached hydrogen (secondary N) is 1. The van der Waals surface area contributed by atoms with Gasteiger partial charge in [-0.15, -0.1) is 22.7 Å². The number of hydrogen-bond acceptors (Lipinski definition) is 7. The fraction of sp³-hybridized carbons (Fsp3) is 0.364. The molecule has 0 fully saturated rings. The molecular formula is C11H11F2N3O3S3. The summed E-state index contributed by atoms with van der Waals surface area (Å²) in [6.45, 7) is 1.72. The molecule has 120 valence electrons. The molecule has 1 N–H and O–H groups in total. The Morgan fingerprint density at radius 3 is 2.64 bits per heavy atom. The van der Waals surface area contributed by atoms with E-state index in [-0.39, 0.29) is 6.42 Å². The second-order valence-electron chi connectivity index (χ2n) is 4.27. The summed E-state index contributed by atoms with van der Waals surface area (Å²) >= 11 is 1.84. The molecule has 6 nitrogen and oxygen atoms in total. The van der Waals surface area contributed by atoms with E-state index in [0.29, 0.717) is 17.0 Å². The lowest BCUT2D eigenvalue weighted by molar-refractivity contribution is -0.144. The van der Waals surface area contributed by atoms with Gasteiger partial charge in [-0.05, 0) is 13.3 Å². The largest absolute Gasteiger partial charge is 0.376 e. The Morgan fingerprint density at radius 1 is 1.36 bits per heavy atom. The first kappa shape index (κ1) is 16.9. The first-order chi connectivity index (χ1) is 10.2. The van der Waals surface area contributed by atoms with Gasteiger partial charge in [0.2, 0.25) is 10.0 Å². The third-order valence-electron chi connectivity index (χ3n) is 2.68. The molecule has 0 atom stereocenters. The maximum absolute atomic E-state index is 13.8. The quantitative estimate of drug-likeness (QED) is 0.839. The molecule has 11 heteroatoms. The van der Waals surface area contributed by atoms with Crippen LogP contribution in [0.15, 0.2) is 17.1 Å². The number of aromatic nitrogens is 2. The van der Waals surface area contributed by atoms with Crippen LogP contribution in [0.3, 0.4) is 0 Å². The Hall–Kier alpha value is -1.46. The molecule has 0 saturated heterocycles. The summed E-state index contributed by atoms with van der Waals surface area (Å²) in [6.07, 6.45) is 1.21. The lowest BCUT2D eigenvalue weighted by atomic mass is 10.3. The zero-order chi connectivity index (χ0) is 16.4. The van der Waals surface area contributed by atoms with Crippen LogP contribution in [0.2, 0.25) is 0 Å². The number of sulfonamides is 1. The summed E-state index contributed by atoms with van der Waals surface area (Å²) in [5.41, 5.74) is 2.24. The number of thiazole rings is 2. The van der Waals surface area contributed by atoms with Crippen LogP contribution in [0, 0.1) is 6.92 Å². The minimum atomic E-state index is -4.17. The van der Waals surface area contributed by atoms with E-state index in [9.17, 15) is 22.0 Å². The van der Waals surface area contributed by atoms with Crippen molar-refractivity contribution in [1.82, 2.24) is 14.7 Å². The Labute approximate surface area is 133 Å². The highest BCUT2D eigenvalue weighted by atomic mass is 32.2. The summed E-state index contributed by atoms with van der Waals surface area (Å²) < 4.78 is 52.4. The Balaban J connectivity index is 2.02. The zero-order valence-corrected chi connectivity index (χ0v) is 13.7. The number of aryl methyl sites for hydroxylation is 2. The molecule has 0 bridgehead atoms. The monoisotopic (exact) mass is 367 g/mol. The van der Waals surface area contributed by atoms with Crippen molar-refractivity contribution >= 4 is 38.6 Å². The van der Waals surface area contributed by atoms with E-state index in [1.54, 1.807) is 12.4 Å². The molecule has 0 unspecified atom stereocenters. The minimum Gasteiger partial charge on any atom is -0.266 e. The summed E-state index contributed by atoms with van der Waals surface area (Å²) in [4.78, 5) is 19.6. The molecule has 0 aliphatic carbocycles. The standard InChI is InChI=1S/C11H11F2N3O3S3/c1-7-8(21-6-15-7)2-5-22(18,19)16-9(17)11(12,13)10-14-3-4-20-10/h3-4,6H,2,5H2,1H3,(H,16,17). The highest BCUT2D eigenvalue weighted by molar-refractivity contribution is 7.90. The van der Waals surface area contributed by atoms with Gasteiger partial charge in [-0.3, -0.25) is 4.79 Å². The fourth-order valence-corrected chi connectivity index (χ4v) is 4.03. The molecule has 2 aromatic rings. The SMILES string of the molecule is Cc1ncsc1CCS(=O)(=O)NC(=O)C(F)(F)c1nccs1. The van der Waals surface area contributed by atoms with Gasteiger partial charge in [-0.2, -0.15) is 8.78 Å². The van der Waals surface area contributed by atoms with Crippen molar-refractivity contribution in [2.45, 2.75) is 19.3 Å². The molecule has 0 aliphatic heterocycles. The van der Waals surface area contributed by atoms with Crippen molar-refractivity contribution in [2.75, 3.05) is 5.75 Å². The molecule has 2 heterocycles. The molecule has 0 spiro atoms. The van der Waals surface area contributed by atoms with Crippen LogP contribution in [0.1, 0.15) is 15.6 Å². The Kier molecular flexibility index (Phi) is 4.87. The van der Waals surface area contributed by atoms with E-state index in [0.717, 1.165) is 11.1 Å². The first-order valence-corrected chi connectivity index (χ1v) is 9.35. The number of alkyl halides is 2. The van der Waals surface area contributed by atoms with E-state index in [1.165, 1.54) is 21.4 Å². The first-order valence-electron chi connectivity index (χ1n) is 5.94. The zero-order valence-electron chi connectivity index (χ0n) is 11.2. The van der Waals surface area contributed by atoms with Gasteiger partial charge in [0.25, 0.3) is 0 Å². The molecule has 22 heavy (non-hydrogen) atoms. The molecule has 2 aromatic heterocycles. The molecule has 0 radical (unpaired) electrons. The number of rotatable bonds is 6. The van der Waals surface area contributed by atoms with Crippen molar-refractivity contribution in [3.05, 3.63) is 32.7 Å². The molecule has 0 aliphatic rings. The van der Waals surface area contributed by atoms with E-state index >= 15 is 0 Å². The van der Waals surface area contributed by atoms with E-state index in [1.807, 2.05) is 0 Å². The van der Waals surface area contributed by atoms with Crippen LogP contribution in [-0.4, -0.2) is 30.0 Å². The topological polar surface area (TPSA) is 89.0 Å². The summed E-state index contributed by atoms with van der Waals surface area (Å²) in [7, 11) is -4.17. The van der Waals surface area contributed by atoms with E-state index in [4.69, 9.17) is 0 Å². The normalized spacial score (nSPS) is 12.3. The van der Waals surface area contributed by atoms with Crippen molar-refractivity contribution in [2.24, 2.45) is 0 Å². The number of nitrogens with zero attached hydrogens (tertiary/aromatic N) is 2. The van der Waals surface area contributed by atoms with Gasteiger partial charge in [0, 0.05) is 16.5 Å². The van der Waals surface area contributed by atoms with Crippen LogP contribution in [0.25, 0.3) is 0 Å². The Bertz CT molecular complexity index is 757. The van der Waals surface area contributed by atoms with Crippen LogP contribution < -0.4 is 4.72 Å². The van der Waals surface area contributed by atoms with Gasteiger partial charge in [0.15, 0.2) is 5.01 Å². The maximum atomic E-state index is 13.8. The van der Waals surface area contributed by atoms with E-state index in [2.05, 4.69) is 9.97 Å². The number of halogens is 2. The number of amides is 1. The third kappa shape index (κ3) is 3.84. The smallest absolute Gasteiger partial charge is 0.266 e. The van der Waals surface area contributed by atoms with Crippen LogP contribution in [0.4, 0.5) is 8.78 Å². The number of hydrogen-bond donors (Lipinski definition) is 1. The van der Waals surface area contributed by atoms with Crippen molar-refractivity contribution in [1.29, 1.82) is 0 Å². The van der Waals surface area contributed by atoms with Gasteiger partial charge < -0.3 is 0 Å². The number of carbonyl (C=O) groups excluding carboxylic acids is 1. The molecule has 1 amide bonds. The fourth-order valence-electron chi connectivity index (χ4n) is 1.53. The predicted octanol–water partition coefficient (Wildman–Crippen LogP) is 1.69. The highest BCUT2D eigenvalue weighted by Gasteiger charge is 2.45. The lowest BCUT2D eigenvalue weighted by Crippen LogP contribution is -2.42. The van der Waals surface area contributed by atoms with Crippen LogP contribution in [0.5, 0.6) is 0 Å². The third-order valence-corrected chi connectivity index (χ3v) is 5.75. The lowest BCUT2D eigenvalue weighted by Gasteiger charge is -2.13. The van der Waals surface area contributed by atoms with Crippen molar-refractivity contribution in [3.63, 3.8) is 0 Å². The summed E-state index contributed by atoms with van der Waals surface area (Å²) in [5, 5.41) is 0.524. The Morgan fingerprint density at radius 2 is 2.09 bits per heavy atom. The number of carbonyl (C=O) groups is 1. The van der Waals surface area contributed by atoms with Crippen molar-refractivity contribution in [3.8, 4) is 0 Å². The van der Waals surface area contributed by atoms with Crippen LogP contribution in [-0.2, 0) is 27.2 Å². The van der Waals surface area contributed by atoms with Crippen LogP contribution >= 0.6 is 22.7 Å². The predicted molar refractivity (Wildman–Crippen MR) is 78.5 cm³/mol. The van der Waals surface area contributed by atoms with Gasteiger partial charge in [-0.25, -0.2) is 23.1 Å². The van der Waals surface area contributed by atoms with E-state index < -0.39 is 32.6 Å². The molecular weight excluding hydrogens is 356 g/mol. The van der Waals surface area contributed by atoms with Gasteiger partial charge in [0.1, 0.15) is 0 Å². The molecule has 0 aromatic carbocycles. The average Bonchev–Trinajstić information content (AvgIpc) is 3.07. The molecule has 2 rings (SSSR count). The minimum absolute atomic E-state index is 0.0991.